The summed E-state index contributed by atoms with van der Waals surface area (Å²) in [7, 11) is 1.43. The number of ether oxygens (including phenoxy) is 1. The molecule has 1 aliphatic rings. The van der Waals surface area contributed by atoms with Gasteiger partial charge in [0.25, 0.3) is 0 Å². The van der Waals surface area contributed by atoms with Crippen LogP contribution in [-0.2, 0) is 22.5 Å². The zero-order valence-electron chi connectivity index (χ0n) is 11.0. The molecule has 0 saturated heterocycles. The van der Waals surface area contributed by atoms with Crippen molar-refractivity contribution in [2.75, 3.05) is 7.11 Å². The Morgan fingerprint density at radius 3 is 2.76 bits per heavy atom. The summed E-state index contributed by atoms with van der Waals surface area (Å²) in [4.78, 5) is 11.4. The normalized spacial score (nSPS) is 17.5. The van der Waals surface area contributed by atoms with E-state index in [0.29, 0.717) is 0 Å². The van der Waals surface area contributed by atoms with Gasteiger partial charge >= 0.3 is 5.97 Å². The third kappa shape index (κ3) is 3.07. The lowest BCUT2D eigenvalue weighted by atomic mass is 9.93. The standard InChI is InChI=1S/C12H15NO2.C2H6/c1-8-4-3-5-9-6-11(12(14)15-2)13-7-10(8)9;1-2/h3-5,11,13H,6-7H2,1-2H3;1-2H3. The zero-order chi connectivity index (χ0) is 12.8. The van der Waals surface area contributed by atoms with Crippen LogP contribution in [0.5, 0.6) is 0 Å². The third-order valence-electron chi connectivity index (χ3n) is 2.94. The highest BCUT2D eigenvalue weighted by Gasteiger charge is 2.24. The molecule has 1 atom stereocenters. The molecule has 0 amide bonds. The Balaban J connectivity index is 0.000000686. The monoisotopic (exact) mass is 235 g/mol. The van der Waals surface area contributed by atoms with E-state index in [2.05, 4.69) is 24.4 Å². The topological polar surface area (TPSA) is 38.3 Å². The highest BCUT2D eigenvalue weighted by atomic mass is 16.5. The first-order valence-electron chi connectivity index (χ1n) is 6.11. The molecule has 0 aliphatic carbocycles. The average molecular weight is 235 g/mol. The molecule has 0 fully saturated rings. The Kier molecular flexibility index (Phi) is 5.16. The van der Waals surface area contributed by atoms with Crippen LogP contribution in [0.2, 0.25) is 0 Å². The number of aryl methyl sites for hydroxylation is 1. The van der Waals surface area contributed by atoms with Gasteiger partial charge in [0.05, 0.1) is 7.11 Å². The molecule has 1 unspecified atom stereocenters. The number of benzene rings is 1. The molecule has 0 radical (unpaired) electrons. The smallest absolute Gasteiger partial charge is 0.323 e. The van der Waals surface area contributed by atoms with E-state index in [1.165, 1.54) is 23.8 Å². The molecule has 0 aromatic heterocycles. The molecule has 0 spiro atoms. The van der Waals surface area contributed by atoms with Gasteiger partial charge in [-0.1, -0.05) is 32.0 Å². The number of nitrogens with one attached hydrogen (secondary N) is 1. The summed E-state index contributed by atoms with van der Waals surface area (Å²) in [5, 5.41) is 3.19. The molecule has 2 rings (SSSR count). The van der Waals surface area contributed by atoms with Crippen LogP contribution in [0.15, 0.2) is 18.2 Å². The first-order chi connectivity index (χ1) is 8.22. The van der Waals surface area contributed by atoms with Crippen LogP contribution in [0, 0.1) is 6.92 Å². The maximum Gasteiger partial charge on any atom is 0.323 e. The van der Waals surface area contributed by atoms with Crippen molar-refractivity contribution in [3.05, 3.63) is 34.9 Å². The van der Waals surface area contributed by atoms with Gasteiger partial charge in [0, 0.05) is 6.54 Å². The maximum atomic E-state index is 11.4. The van der Waals surface area contributed by atoms with Crippen molar-refractivity contribution < 1.29 is 9.53 Å². The Labute approximate surface area is 103 Å². The second kappa shape index (κ2) is 6.40. The van der Waals surface area contributed by atoms with Crippen molar-refractivity contribution in [1.82, 2.24) is 5.32 Å². The molecule has 94 valence electrons. The summed E-state index contributed by atoms with van der Waals surface area (Å²) in [5.74, 6) is -0.179. The fourth-order valence-electron chi connectivity index (χ4n) is 2.03. The number of fused-ring (bicyclic) bond motifs is 1. The van der Waals surface area contributed by atoms with E-state index in [9.17, 15) is 4.79 Å². The molecular weight excluding hydrogens is 214 g/mol. The fraction of sp³-hybridized carbons (Fsp3) is 0.500. The molecule has 3 nitrogen and oxygen atoms in total. The van der Waals surface area contributed by atoms with Gasteiger partial charge in [0.1, 0.15) is 6.04 Å². The minimum atomic E-state index is -0.190. The van der Waals surface area contributed by atoms with E-state index >= 15 is 0 Å². The van der Waals surface area contributed by atoms with Gasteiger partial charge in [0.15, 0.2) is 0 Å². The Morgan fingerprint density at radius 1 is 1.41 bits per heavy atom. The summed E-state index contributed by atoms with van der Waals surface area (Å²) in [6.45, 7) is 6.85. The molecule has 1 aromatic carbocycles. The van der Waals surface area contributed by atoms with Crippen molar-refractivity contribution in [3.63, 3.8) is 0 Å². The second-order valence-electron chi connectivity index (χ2n) is 3.87. The number of methoxy groups -OCH3 is 1. The van der Waals surface area contributed by atoms with Gasteiger partial charge in [-0.2, -0.15) is 0 Å². The van der Waals surface area contributed by atoms with E-state index in [0.717, 1.165) is 13.0 Å². The van der Waals surface area contributed by atoms with Gasteiger partial charge in [-0.3, -0.25) is 10.1 Å². The van der Waals surface area contributed by atoms with Crippen molar-refractivity contribution in [2.45, 2.75) is 39.8 Å². The minimum Gasteiger partial charge on any atom is -0.468 e. The Morgan fingerprint density at radius 2 is 2.12 bits per heavy atom. The molecule has 1 aliphatic heterocycles. The van der Waals surface area contributed by atoms with Gasteiger partial charge in [0.2, 0.25) is 0 Å². The first kappa shape index (κ1) is 13.7. The zero-order valence-corrected chi connectivity index (χ0v) is 11.0. The van der Waals surface area contributed by atoms with Crippen LogP contribution in [0.1, 0.15) is 30.5 Å². The highest BCUT2D eigenvalue weighted by molar-refractivity contribution is 5.76. The molecule has 3 heteroatoms. The maximum absolute atomic E-state index is 11.4. The average Bonchev–Trinajstić information content (AvgIpc) is 2.40. The van der Waals surface area contributed by atoms with E-state index in [4.69, 9.17) is 4.74 Å². The van der Waals surface area contributed by atoms with E-state index < -0.39 is 0 Å². The molecule has 1 aromatic rings. The van der Waals surface area contributed by atoms with Crippen molar-refractivity contribution in [3.8, 4) is 0 Å². The molecule has 0 bridgehead atoms. The summed E-state index contributed by atoms with van der Waals surface area (Å²) >= 11 is 0. The molecule has 1 N–H and O–H groups in total. The van der Waals surface area contributed by atoms with Gasteiger partial charge < -0.3 is 4.74 Å². The summed E-state index contributed by atoms with van der Waals surface area (Å²) < 4.78 is 4.73. The van der Waals surface area contributed by atoms with Crippen molar-refractivity contribution in [1.29, 1.82) is 0 Å². The third-order valence-corrected chi connectivity index (χ3v) is 2.94. The molecule has 0 saturated carbocycles. The van der Waals surface area contributed by atoms with Crippen LogP contribution in [0.25, 0.3) is 0 Å². The predicted octanol–water partition coefficient (Wildman–Crippen LogP) is 2.21. The van der Waals surface area contributed by atoms with E-state index in [1.807, 2.05) is 19.9 Å². The number of hydrogen-bond acceptors (Lipinski definition) is 3. The summed E-state index contributed by atoms with van der Waals surface area (Å²) in [6, 6.07) is 6.02. The van der Waals surface area contributed by atoms with Crippen LogP contribution in [0.3, 0.4) is 0 Å². The predicted molar refractivity (Wildman–Crippen MR) is 68.9 cm³/mol. The minimum absolute atomic E-state index is 0.179. The number of hydrogen-bond donors (Lipinski definition) is 1. The van der Waals surface area contributed by atoms with Gasteiger partial charge in [-0.15, -0.1) is 0 Å². The Hall–Kier alpha value is -1.35. The lowest BCUT2D eigenvalue weighted by Gasteiger charge is -2.25. The van der Waals surface area contributed by atoms with Crippen LogP contribution >= 0.6 is 0 Å². The lowest BCUT2D eigenvalue weighted by molar-refractivity contribution is -0.143. The number of carbonyl (C=O) groups excluding carboxylic acids is 1. The highest BCUT2D eigenvalue weighted by Crippen LogP contribution is 2.20. The number of rotatable bonds is 1. The quantitative estimate of drug-likeness (QED) is 0.758. The fourth-order valence-corrected chi connectivity index (χ4v) is 2.03. The SMILES string of the molecule is CC.COC(=O)C1Cc2cccc(C)c2CN1. The molecule has 1 heterocycles. The number of esters is 1. The number of carbonyl (C=O) groups is 1. The van der Waals surface area contributed by atoms with Gasteiger partial charge in [-0.05, 0) is 30.0 Å². The second-order valence-corrected chi connectivity index (χ2v) is 3.87. The van der Waals surface area contributed by atoms with Crippen LogP contribution in [0.4, 0.5) is 0 Å². The van der Waals surface area contributed by atoms with E-state index in [-0.39, 0.29) is 12.0 Å². The summed E-state index contributed by atoms with van der Waals surface area (Å²) in [5.41, 5.74) is 3.85. The molecular formula is C14H21NO2. The first-order valence-corrected chi connectivity index (χ1v) is 6.11. The lowest BCUT2D eigenvalue weighted by Crippen LogP contribution is -2.42. The molecule has 17 heavy (non-hydrogen) atoms. The largest absolute Gasteiger partial charge is 0.468 e. The summed E-state index contributed by atoms with van der Waals surface area (Å²) in [6.07, 6.45) is 0.726. The van der Waals surface area contributed by atoms with Crippen LogP contribution < -0.4 is 5.32 Å². The van der Waals surface area contributed by atoms with Crippen molar-refractivity contribution >= 4 is 5.97 Å². The Bertz CT molecular complexity index is 388. The van der Waals surface area contributed by atoms with Crippen molar-refractivity contribution in [2.24, 2.45) is 0 Å². The van der Waals surface area contributed by atoms with E-state index in [1.54, 1.807) is 0 Å². The van der Waals surface area contributed by atoms with Gasteiger partial charge in [-0.25, -0.2) is 0 Å². The van der Waals surface area contributed by atoms with Crippen LogP contribution in [-0.4, -0.2) is 19.1 Å².